The fraction of sp³-hybridized carbons (Fsp3) is 0.269. The highest BCUT2D eigenvalue weighted by Gasteiger charge is 2.40. The van der Waals surface area contributed by atoms with E-state index in [9.17, 15) is 4.79 Å². The summed E-state index contributed by atoms with van der Waals surface area (Å²) in [7, 11) is 1.68. The summed E-state index contributed by atoms with van der Waals surface area (Å²) >= 11 is 0. The summed E-state index contributed by atoms with van der Waals surface area (Å²) in [6.45, 7) is 4.38. The van der Waals surface area contributed by atoms with E-state index in [1.165, 1.54) is 16.3 Å². The van der Waals surface area contributed by atoms with Crippen molar-refractivity contribution in [1.29, 1.82) is 0 Å². The van der Waals surface area contributed by atoms with Crippen LogP contribution < -0.4 is 10.1 Å². The van der Waals surface area contributed by atoms with E-state index < -0.39 is 0 Å². The number of ether oxygens (including phenoxy) is 1. The van der Waals surface area contributed by atoms with Gasteiger partial charge in [0.05, 0.1) is 13.2 Å². The summed E-state index contributed by atoms with van der Waals surface area (Å²) in [5.41, 5.74) is 5.30. The number of ketones is 1. The van der Waals surface area contributed by atoms with Crippen LogP contribution in [0.25, 0.3) is 16.3 Å². The number of carbonyl (C=O) groups excluding carboxylic acids is 1. The van der Waals surface area contributed by atoms with Crippen LogP contribution in [-0.4, -0.2) is 12.9 Å². The lowest BCUT2D eigenvalue weighted by Gasteiger charge is -2.40. The third kappa shape index (κ3) is 2.93. The van der Waals surface area contributed by atoms with Gasteiger partial charge in [0.2, 0.25) is 0 Å². The summed E-state index contributed by atoms with van der Waals surface area (Å²) in [6.07, 6.45) is 1.47. The molecule has 0 spiro atoms. The highest BCUT2D eigenvalue weighted by Crippen LogP contribution is 2.51. The molecule has 0 fully saturated rings. The van der Waals surface area contributed by atoms with Gasteiger partial charge in [0, 0.05) is 28.8 Å². The Kier molecular flexibility index (Phi) is 4.02. The average molecular weight is 383 g/mol. The molecule has 0 bridgehead atoms. The van der Waals surface area contributed by atoms with Crippen molar-refractivity contribution in [2.24, 2.45) is 5.41 Å². The van der Waals surface area contributed by atoms with Gasteiger partial charge in [0.1, 0.15) is 5.75 Å². The van der Waals surface area contributed by atoms with E-state index in [-0.39, 0.29) is 17.2 Å². The number of nitrogens with one attached hydrogen (secondary N) is 1. The number of hydrogen-bond acceptors (Lipinski definition) is 3. The van der Waals surface area contributed by atoms with Crippen LogP contribution in [-0.2, 0) is 4.79 Å². The maximum absolute atomic E-state index is 13.4. The number of allylic oxidation sites excluding steroid dienone is 1. The minimum atomic E-state index is -0.196. The lowest BCUT2D eigenvalue weighted by molar-refractivity contribution is -0.118. The summed E-state index contributed by atoms with van der Waals surface area (Å²) in [5, 5.41) is 6.08. The van der Waals surface area contributed by atoms with Gasteiger partial charge in [-0.05, 0) is 46.4 Å². The Hall–Kier alpha value is -3.07. The molecule has 1 atom stereocenters. The molecule has 0 radical (unpaired) electrons. The SMILES string of the molecule is COc1ccccc1[C@@H]1Nc2cc3ccccc3cc2C2=C1C(=O)CC(C)(C)C2. The standard InChI is InChI=1S/C26H25NO2/c1-26(2)14-20-19-12-16-8-4-5-9-17(16)13-21(19)27-25(24(20)22(28)15-26)18-10-6-7-11-23(18)29-3/h4-13,25,27H,14-15H2,1-3H3/t25-/m0/s1. The highest BCUT2D eigenvalue weighted by molar-refractivity contribution is 6.10. The first-order valence-electron chi connectivity index (χ1n) is 10.2. The van der Waals surface area contributed by atoms with Gasteiger partial charge in [-0.1, -0.05) is 56.3 Å². The molecule has 3 aromatic carbocycles. The molecular weight excluding hydrogens is 358 g/mol. The van der Waals surface area contributed by atoms with E-state index in [0.717, 1.165) is 34.6 Å². The molecule has 0 saturated carbocycles. The number of anilines is 1. The number of fused-ring (bicyclic) bond motifs is 3. The predicted molar refractivity (Wildman–Crippen MR) is 118 cm³/mol. The van der Waals surface area contributed by atoms with E-state index in [2.05, 4.69) is 61.6 Å². The maximum atomic E-state index is 13.4. The molecular formula is C26H25NO2. The Balaban J connectivity index is 1.78. The average Bonchev–Trinajstić information content (AvgIpc) is 2.71. The van der Waals surface area contributed by atoms with Crippen LogP contribution in [0.2, 0.25) is 0 Å². The largest absolute Gasteiger partial charge is 0.496 e. The van der Waals surface area contributed by atoms with E-state index in [1.807, 2.05) is 18.2 Å². The van der Waals surface area contributed by atoms with Crippen molar-refractivity contribution in [3.63, 3.8) is 0 Å². The molecule has 5 rings (SSSR count). The van der Waals surface area contributed by atoms with E-state index in [0.29, 0.717) is 6.42 Å². The lowest BCUT2D eigenvalue weighted by atomic mass is 9.68. The number of para-hydroxylation sites is 1. The topological polar surface area (TPSA) is 38.3 Å². The van der Waals surface area contributed by atoms with Crippen molar-refractivity contribution < 1.29 is 9.53 Å². The van der Waals surface area contributed by atoms with Gasteiger partial charge >= 0.3 is 0 Å². The predicted octanol–water partition coefficient (Wildman–Crippen LogP) is 6.16. The molecule has 2 aliphatic rings. The molecule has 3 nitrogen and oxygen atoms in total. The Morgan fingerprint density at radius 2 is 1.66 bits per heavy atom. The Morgan fingerprint density at radius 1 is 0.966 bits per heavy atom. The molecule has 29 heavy (non-hydrogen) atoms. The van der Waals surface area contributed by atoms with Gasteiger partial charge in [0.15, 0.2) is 5.78 Å². The van der Waals surface area contributed by atoms with Crippen molar-refractivity contribution >= 4 is 27.8 Å². The van der Waals surface area contributed by atoms with Gasteiger partial charge < -0.3 is 10.1 Å². The Labute approximate surface area is 171 Å². The van der Waals surface area contributed by atoms with Crippen LogP contribution in [0.5, 0.6) is 5.75 Å². The zero-order valence-corrected chi connectivity index (χ0v) is 17.1. The number of carbonyl (C=O) groups is 1. The van der Waals surface area contributed by atoms with Crippen LogP contribution in [0, 0.1) is 5.41 Å². The van der Waals surface area contributed by atoms with E-state index in [1.54, 1.807) is 7.11 Å². The van der Waals surface area contributed by atoms with Gasteiger partial charge in [0.25, 0.3) is 0 Å². The smallest absolute Gasteiger partial charge is 0.162 e. The summed E-state index contributed by atoms with van der Waals surface area (Å²) < 4.78 is 5.64. The second-order valence-corrected chi connectivity index (χ2v) is 8.90. The van der Waals surface area contributed by atoms with Crippen molar-refractivity contribution in [1.82, 2.24) is 0 Å². The monoisotopic (exact) mass is 383 g/mol. The number of methoxy groups -OCH3 is 1. The molecule has 1 aliphatic carbocycles. The Bertz CT molecular complexity index is 1170. The molecule has 1 aliphatic heterocycles. The summed E-state index contributed by atoms with van der Waals surface area (Å²) in [6, 6.07) is 20.6. The van der Waals surface area contributed by atoms with Crippen molar-refractivity contribution in [2.75, 3.05) is 12.4 Å². The zero-order valence-electron chi connectivity index (χ0n) is 17.1. The molecule has 0 unspecified atom stereocenters. The van der Waals surface area contributed by atoms with Crippen LogP contribution in [0.3, 0.4) is 0 Å². The number of Topliss-reactive ketones (excluding diaryl/α,β-unsaturated/α-hetero) is 1. The third-order valence-electron chi connectivity index (χ3n) is 6.17. The fourth-order valence-electron chi connectivity index (χ4n) is 4.89. The second-order valence-electron chi connectivity index (χ2n) is 8.90. The van der Waals surface area contributed by atoms with Crippen molar-refractivity contribution in [3.05, 3.63) is 77.4 Å². The molecule has 146 valence electrons. The first-order valence-corrected chi connectivity index (χ1v) is 10.2. The minimum absolute atomic E-state index is 0.0402. The molecule has 0 aromatic heterocycles. The molecule has 0 saturated heterocycles. The normalized spacial score (nSPS) is 20.1. The third-order valence-corrected chi connectivity index (χ3v) is 6.17. The van der Waals surface area contributed by atoms with Gasteiger partial charge in [-0.15, -0.1) is 0 Å². The van der Waals surface area contributed by atoms with Gasteiger partial charge in [-0.25, -0.2) is 0 Å². The second kappa shape index (κ2) is 6.48. The van der Waals surface area contributed by atoms with Crippen LogP contribution >= 0.6 is 0 Å². The molecule has 3 aromatic rings. The molecule has 0 amide bonds. The van der Waals surface area contributed by atoms with E-state index >= 15 is 0 Å². The quantitative estimate of drug-likeness (QED) is 0.576. The number of hydrogen-bond donors (Lipinski definition) is 1. The molecule has 1 N–H and O–H groups in total. The van der Waals surface area contributed by atoms with Gasteiger partial charge in [-0.3, -0.25) is 4.79 Å². The van der Waals surface area contributed by atoms with Crippen molar-refractivity contribution in [2.45, 2.75) is 32.7 Å². The maximum Gasteiger partial charge on any atom is 0.162 e. The fourth-order valence-corrected chi connectivity index (χ4v) is 4.89. The summed E-state index contributed by atoms with van der Waals surface area (Å²) in [4.78, 5) is 13.4. The number of benzene rings is 3. The summed E-state index contributed by atoms with van der Waals surface area (Å²) in [5.74, 6) is 1.04. The highest BCUT2D eigenvalue weighted by atomic mass is 16.5. The molecule has 3 heteroatoms. The van der Waals surface area contributed by atoms with Crippen LogP contribution in [0.4, 0.5) is 5.69 Å². The minimum Gasteiger partial charge on any atom is -0.496 e. The first-order chi connectivity index (χ1) is 14.0. The Morgan fingerprint density at radius 3 is 2.41 bits per heavy atom. The lowest BCUT2D eigenvalue weighted by Crippen LogP contribution is -2.33. The van der Waals surface area contributed by atoms with Gasteiger partial charge in [-0.2, -0.15) is 0 Å². The zero-order chi connectivity index (χ0) is 20.2. The van der Waals surface area contributed by atoms with E-state index in [4.69, 9.17) is 4.74 Å². The van der Waals surface area contributed by atoms with Crippen LogP contribution in [0.15, 0.2) is 66.2 Å². The first kappa shape index (κ1) is 18.0. The van der Waals surface area contributed by atoms with Crippen LogP contribution in [0.1, 0.15) is 43.9 Å². The van der Waals surface area contributed by atoms with Crippen molar-refractivity contribution in [3.8, 4) is 5.75 Å². The molecule has 1 heterocycles. The number of rotatable bonds is 2.